The van der Waals surface area contributed by atoms with Gasteiger partial charge in [0.25, 0.3) is 0 Å². The number of rotatable bonds is 16. The minimum Gasteiger partial charge on any atom is -0.385 e. The summed E-state index contributed by atoms with van der Waals surface area (Å²) >= 11 is 0. The number of benzene rings is 3. The number of hydrogen-bond acceptors (Lipinski definition) is 18. The molecule has 13 rings (SSSR count). The van der Waals surface area contributed by atoms with Crippen molar-refractivity contribution in [3.63, 3.8) is 0 Å². The molecule has 99 heavy (non-hydrogen) atoms. The lowest BCUT2D eigenvalue weighted by molar-refractivity contribution is -0.122. The number of aromatic nitrogens is 7. The van der Waals surface area contributed by atoms with Gasteiger partial charge in [0, 0.05) is 102 Å². The summed E-state index contributed by atoms with van der Waals surface area (Å²) in [5.74, 6) is 2.24. The molecule has 12 N–H and O–H groups in total. The molecule has 0 spiro atoms. The number of amides is 6. The number of nitriles is 1. The molecule has 3 saturated heterocycles. The van der Waals surface area contributed by atoms with E-state index in [2.05, 4.69) is 85.2 Å². The normalized spacial score (nSPS) is 22.4. The fraction of sp³-hybridized carbons (Fsp3) is 0.542. The molecule has 27 nitrogen and oxygen atoms in total. The SMILES string of the molecule is Cc1ccc2c(c1)c(NCC(=O)NC1CN(C3CCC(C#N)CC3)C1)nn2C(N)=O.Cc1ccc2c(c1)c(NCC(=O)NC1CN(C3CCC(C)CC3)C1)nn2C(=O)NC(C)(C)C.Cc1ccc2c(c1)c(NCC(=O)NC1CN(C3CCC(O)(c4ccc(C)nc4)CC3)C1)nn2C(N)=O. The van der Waals surface area contributed by atoms with Crippen LogP contribution in [0.1, 0.15) is 133 Å². The van der Waals surface area contributed by atoms with Crippen LogP contribution in [0.4, 0.5) is 31.8 Å². The van der Waals surface area contributed by atoms with Crippen LogP contribution in [-0.4, -0.2) is 191 Å². The largest absolute Gasteiger partial charge is 0.385 e. The lowest BCUT2D eigenvalue weighted by atomic mass is 9.77. The first-order chi connectivity index (χ1) is 47.2. The van der Waals surface area contributed by atoms with E-state index in [-0.39, 0.29) is 73.0 Å². The van der Waals surface area contributed by atoms with E-state index in [1.807, 2.05) is 103 Å². The predicted octanol–water partition coefficient (Wildman–Crippen LogP) is 7.08. The number of nitrogens with zero attached hydrogens (tertiary/aromatic N) is 11. The Bertz CT molecular complexity index is 4110. The van der Waals surface area contributed by atoms with Crippen LogP contribution in [-0.2, 0) is 20.0 Å². The number of carbonyl (C=O) groups is 6. The second-order valence-corrected chi connectivity index (χ2v) is 29.4. The minimum atomic E-state index is -0.800. The maximum atomic E-state index is 12.8. The maximum Gasteiger partial charge on any atom is 0.343 e. The van der Waals surface area contributed by atoms with E-state index in [9.17, 15) is 33.9 Å². The Morgan fingerprint density at radius 1 is 0.545 bits per heavy atom. The molecule has 0 unspecified atom stereocenters. The van der Waals surface area contributed by atoms with Crippen LogP contribution in [0.25, 0.3) is 32.7 Å². The number of primary amides is 2. The molecule has 528 valence electrons. The number of likely N-dealkylation sites (tertiary alicyclic amines) is 3. The third-order valence-electron chi connectivity index (χ3n) is 20.3. The number of anilines is 3. The Morgan fingerprint density at radius 2 is 0.919 bits per heavy atom. The van der Waals surface area contributed by atoms with E-state index in [4.69, 9.17) is 16.7 Å². The van der Waals surface area contributed by atoms with Crippen LogP contribution in [0.2, 0.25) is 0 Å². The van der Waals surface area contributed by atoms with Crippen molar-refractivity contribution in [3.05, 3.63) is 101 Å². The van der Waals surface area contributed by atoms with Crippen molar-refractivity contribution in [2.24, 2.45) is 23.3 Å². The molecule has 7 heterocycles. The molecule has 3 aliphatic carbocycles. The van der Waals surface area contributed by atoms with Crippen LogP contribution < -0.4 is 48.7 Å². The molecule has 7 aromatic rings. The molecule has 4 aromatic heterocycles. The molecule has 0 bridgehead atoms. The lowest BCUT2D eigenvalue weighted by Crippen LogP contribution is -2.63. The van der Waals surface area contributed by atoms with Gasteiger partial charge in [0.15, 0.2) is 17.5 Å². The van der Waals surface area contributed by atoms with Gasteiger partial charge in [0.1, 0.15) is 0 Å². The van der Waals surface area contributed by atoms with E-state index in [1.165, 1.54) is 30.4 Å². The zero-order valence-corrected chi connectivity index (χ0v) is 58.4. The molecule has 0 radical (unpaired) electrons. The lowest BCUT2D eigenvalue weighted by Gasteiger charge is -2.48. The molecular weight excluding hydrogens is 1260 g/mol. The summed E-state index contributed by atoms with van der Waals surface area (Å²) < 4.78 is 3.65. The molecule has 0 atom stereocenters. The zero-order chi connectivity index (χ0) is 70.4. The summed E-state index contributed by atoms with van der Waals surface area (Å²) in [7, 11) is 0. The third kappa shape index (κ3) is 17.4. The Hall–Kier alpha value is -9.23. The number of carbonyl (C=O) groups excluding carboxylic acids is 6. The van der Waals surface area contributed by atoms with Gasteiger partial charge in [-0.1, -0.05) is 47.9 Å². The summed E-state index contributed by atoms with van der Waals surface area (Å²) in [5.41, 5.74) is 16.5. The number of nitrogens with two attached hydrogens (primary N) is 2. The monoisotopic (exact) mass is 1350 g/mol. The first kappa shape index (κ1) is 71.1. The predicted molar refractivity (Wildman–Crippen MR) is 381 cm³/mol. The third-order valence-corrected chi connectivity index (χ3v) is 20.3. The highest BCUT2D eigenvalue weighted by Gasteiger charge is 2.41. The van der Waals surface area contributed by atoms with Crippen molar-refractivity contribution < 1.29 is 33.9 Å². The number of fused-ring (bicyclic) bond motifs is 3. The van der Waals surface area contributed by atoms with Crippen LogP contribution in [0.3, 0.4) is 0 Å². The van der Waals surface area contributed by atoms with Gasteiger partial charge in [-0.2, -0.15) is 19.3 Å². The van der Waals surface area contributed by atoms with Gasteiger partial charge in [-0.25, -0.2) is 14.4 Å². The fourth-order valence-electron chi connectivity index (χ4n) is 14.6. The van der Waals surface area contributed by atoms with Gasteiger partial charge in [0.05, 0.1) is 66.0 Å². The summed E-state index contributed by atoms with van der Waals surface area (Å²) in [6.45, 7) is 21.4. The van der Waals surface area contributed by atoms with Crippen molar-refractivity contribution >= 4 is 86.0 Å². The van der Waals surface area contributed by atoms with Crippen molar-refractivity contribution in [3.8, 4) is 6.07 Å². The molecule has 3 saturated carbocycles. The van der Waals surface area contributed by atoms with Crippen molar-refractivity contribution in [1.82, 2.24) is 70.3 Å². The Morgan fingerprint density at radius 3 is 1.28 bits per heavy atom. The highest BCUT2D eigenvalue weighted by molar-refractivity contribution is 6.00. The average Bonchev–Trinajstić information content (AvgIpc) is 1.78. The van der Waals surface area contributed by atoms with Crippen LogP contribution in [0.15, 0.2) is 72.9 Å². The van der Waals surface area contributed by atoms with Gasteiger partial charge in [-0.05, 0) is 174 Å². The average molecular weight is 1360 g/mol. The summed E-state index contributed by atoms with van der Waals surface area (Å²) in [6.07, 6.45) is 14.3. The van der Waals surface area contributed by atoms with Gasteiger partial charge in [-0.3, -0.25) is 34.1 Å². The quantitative estimate of drug-likeness (QED) is 0.0462. The van der Waals surface area contributed by atoms with Crippen molar-refractivity contribution in [2.75, 3.05) is 74.9 Å². The molecule has 3 aromatic carbocycles. The van der Waals surface area contributed by atoms with E-state index in [0.717, 1.165) is 137 Å². The van der Waals surface area contributed by atoms with E-state index in [1.54, 1.807) is 18.3 Å². The van der Waals surface area contributed by atoms with Crippen molar-refractivity contribution in [2.45, 2.75) is 180 Å². The molecule has 6 fully saturated rings. The van der Waals surface area contributed by atoms with Gasteiger partial charge in [-0.15, -0.1) is 15.3 Å². The fourth-order valence-corrected chi connectivity index (χ4v) is 14.6. The van der Waals surface area contributed by atoms with Gasteiger partial charge < -0.3 is 53.8 Å². The first-order valence-electron chi connectivity index (χ1n) is 35.0. The Kier molecular flexibility index (Phi) is 21.9. The first-order valence-corrected chi connectivity index (χ1v) is 35.0. The Balaban J connectivity index is 0.000000151. The maximum absolute atomic E-state index is 12.8. The highest BCUT2D eigenvalue weighted by atomic mass is 16.3. The second-order valence-electron chi connectivity index (χ2n) is 29.4. The van der Waals surface area contributed by atoms with Crippen LogP contribution in [0, 0.1) is 50.9 Å². The Labute approximate surface area is 577 Å². The topological polar surface area (TPSA) is 359 Å². The summed E-state index contributed by atoms with van der Waals surface area (Å²) in [4.78, 5) is 85.2. The smallest absolute Gasteiger partial charge is 0.343 e. The van der Waals surface area contributed by atoms with E-state index < -0.39 is 17.7 Å². The van der Waals surface area contributed by atoms with Crippen molar-refractivity contribution in [1.29, 1.82) is 5.26 Å². The van der Waals surface area contributed by atoms with Gasteiger partial charge in [0.2, 0.25) is 17.7 Å². The number of aliphatic hydroxyl groups is 1. The number of hydrogen-bond donors (Lipinski definition) is 10. The van der Waals surface area contributed by atoms with Crippen LogP contribution >= 0.6 is 0 Å². The zero-order valence-electron chi connectivity index (χ0n) is 58.4. The number of aryl methyl sites for hydroxylation is 4. The molecule has 27 heteroatoms. The standard InChI is InChI=1S/C26H33N7O3.C25H38N6O2.C21H27N7O2/c1-16-3-6-22-21(11-16)24(31-33(22)25(27)35)29-13-23(34)30-19-14-32(15-19)20-7-9-26(36,10-8-20)18-5-4-17(2)28-12-18;1-16-6-9-19(10-7-16)30-14-18(15-30)27-22(32)13-26-23-20-12-17(2)8-11-21(20)31(29-23)24(33)28-25(3,4)5;1-13-2-7-18-17(8-13)20(26-28(18)21(23)30)24-10-19(29)25-15-11-27(12-15)16-5-3-14(9-22)4-6-16/h3-6,11-12,19-20,36H,7-10,13-15H2,1-2H3,(H2,27,35)(H,29,31)(H,30,34);8,11-12,16,18-19H,6-7,9-10,13-15H2,1-5H3,(H,26,29)(H,27,32)(H,28,33);2,7-8,14-16H,3-6,10-12H2,1H3,(H2,23,30)(H,24,26)(H,25,29). The summed E-state index contributed by atoms with van der Waals surface area (Å²) in [6, 6.07) is 23.8. The van der Waals surface area contributed by atoms with E-state index in [0.29, 0.717) is 65.0 Å². The number of nitrogens with one attached hydrogen (secondary N) is 7. The van der Waals surface area contributed by atoms with Gasteiger partial charge >= 0.3 is 18.1 Å². The second kappa shape index (κ2) is 30.5. The van der Waals surface area contributed by atoms with E-state index >= 15 is 0 Å². The molecule has 6 aliphatic rings. The molecular formula is C72H98N20O7. The molecule has 6 amide bonds. The minimum absolute atomic E-state index is 0.0496. The molecule has 3 aliphatic heterocycles. The number of pyridine rings is 1. The van der Waals surface area contributed by atoms with Crippen LogP contribution in [0.5, 0.6) is 0 Å². The highest BCUT2D eigenvalue weighted by Crippen LogP contribution is 2.40. The summed E-state index contributed by atoms with van der Waals surface area (Å²) in [5, 5.41) is 56.8.